The highest BCUT2D eigenvalue weighted by Crippen LogP contribution is 2.30. The van der Waals surface area contributed by atoms with Gasteiger partial charge in [0.2, 0.25) is 0 Å². The van der Waals surface area contributed by atoms with Crippen LogP contribution in [0.3, 0.4) is 0 Å². The van der Waals surface area contributed by atoms with E-state index in [1.165, 1.54) is 13.1 Å². The van der Waals surface area contributed by atoms with Crippen molar-refractivity contribution < 1.29 is 19.2 Å². The average Bonchev–Trinajstić information content (AvgIpc) is 2.69. The Balaban J connectivity index is 2.13. The second-order valence-electron chi connectivity index (χ2n) is 4.41. The molecule has 18 heavy (non-hydrogen) atoms. The lowest BCUT2D eigenvalue weighted by atomic mass is 10.0. The van der Waals surface area contributed by atoms with E-state index in [0.29, 0.717) is 13.0 Å². The van der Waals surface area contributed by atoms with Crippen LogP contribution in [-0.4, -0.2) is 32.7 Å². The highest BCUT2D eigenvalue weighted by atomic mass is 16.6. The van der Waals surface area contributed by atoms with E-state index in [0.717, 1.165) is 0 Å². The standard InChI is InChI=1S/C10H13N3O5/c1-7(14)17-6-10(2)3-4-12-5-8(13(15)16)11-9(12)18-10/h5H,3-4,6H2,1-2H3/t10-/m0/s1. The van der Waals surface area contributed by atoms with E-state index >= 15 is 0 Å². The summed E-state index contributed by atoms with van der Waals surface area (Å²) in [5.74, 6) is -0.638. The molecule has 0 radical (unpaired) electrons. The van der Waals surface area contributed by atoms with Gasteiger partial charge in [0.15, 0.2) is 0 Å². The Morgan fingerprint density at radius 1 is 1.78 bits per heavy atom. The topological polar surface area (TPSA) is 96.5 Å². The summed E-state index contributed by atoms with van der Waals surface area (Å²) in [6.45, 7) is 3.73. The third kappa shape index (κ3) is 2.41. The zero-order valence-corrected chi connectivity index (χ0v) is 10.1. The molecule has 8 heteroatoms. The van der Waals surface area contributed by atoms with E-state index in [4.69, 9.17) is 9.47 Å². The van der Waals surface area contributed by atoms with Crippen LogP contribution >= 0.6 is 0 Å². The molecular weight excluding hydrogens is 242 g/mol. The van der Waals surface area contributed by atoms with Gasteiger partial charge in [0.1, 0.15) is 18.4 Å². The molecule has 1 aliphatic rings. The molecule has 1 aromatic heterocycles. The first-order chi connectivity index (χ1) is 8.39. The van der Waals surface area contributed by atoms with Crippen molar-refractivity contribution in [3.05, 3.63) is 16.3 Å². The summed E-state index contributed by atoms with van der Waals surface area (Å²) in [6, 6.07) is 0.183. The van der Waals surface area contributed by atoms with Crippen molar-refractivity contribution in [2.45, 2.75) is 32.4 Å². The summed E-state index contributed by atoms with van der Waals surface area (Å²) in [4.78, 5) is 24.6. The SMILES string of the molecule is CC(=O)OC[C@]1(C)CCn2cc([N+](=O)[O-])nc2O1. The number of hydrogen-bond acceptors (Lipinski definition) is 6. The van der Waals surface area contributed by atoms with Crippen LogP contribution in [-0.2, 0) is 16.1 Å². The van der Waals surface area contributed by atoms with Gasteiger partial charge in [-0.3, -0.25) is 9.36 Å². The molecule has 0 saturated heterocycles. The van der Waals surface area contributed by atoms with Gasteiger partial charge in [0.25, 0.3) is 0 Å². The molecule has 8 nitrogen and oxygen atoms in total. The molecule has 2 rings (SSSR count). The smallest absolute Gasteiger partial charge is 0.414 e. The molecule has 2 heterocycles. The maximum absolute atomic E-state index is 10.8. The van der Waals surface area contributed by atoms with Gasteiger partial charge >= 0.3 is 17.8 Å². The van der Waals surface area contributed by atoms with Crippen molar-refractivity contribution in [2.75, 3.05) is 6.61 Å². The fourth-order valence-corrected chi connectivity index (χ4v) is 1.70. The molecule has 1 atom stereocenters. The Morgan fingerprint density at radius 3 is 3.11 bits per heavy atom. The first-order valence-electron chi connectivity index (χ1n) is 5.43. The van der Waals surface area contributed by atoms with E-state index in [-0.39, 0.29) is 24.4 Å². The van der Waals surface area contributed by atoms with Crippen molar-refractivity contribution in [1.29, 1.82) is 0 Å². The molecule has 0 fully saturated rings. The number of aromatic nitrogens is 2. The normalized spacial score (nSPS) is 21.9. The zero-order chi connectivity index (χ0) is 13.3. The van der Waals surface area contributed by atoms with Gasteiger partial charge in [0.05, 0.1) is 0 Å². The number of imidazole rings is 1. The molecule has 0 unspecified atom stereocenters. The van der Waals surface area contributed by atoms with Crippen LogP contribution in [0.25, 0.3) is 0 Å². The minimum atomic E-state index is -0.694. The number of esters is 1. The molecule has 1 aliphatic heterocycles. The molecule has 0 bridgehead atoms. The van der Waals surface area contributed by atoms with Gasteiger partial charge in [0, 0.05) is 24.9 Å². The highest BCUT2D eigenvalue weighted by molar-refractivity contribution is 5.65. The van der Waals surface area contributed by atoms with Crippen LogP contribution in [0.5, 0.6) is 6.01 Å². The minimum Gasteiger partial charge on any atom is -0.462 e. The Kier molecular flexibility index (Phi) is 2.93. The number of nitrogens with zero attached hydrogens (tertiary/aromatic N) is 3. The van der Waals surface area contributed by atoms with Crippen molar-refractivity contribution in [2.24, 2.45) is 0 Å². The van der Waals surface area contributed by atoms with Crippen LogP contribution in [0.4, 0.5) is 5.82 Å². The van der Waals surface area contributed by atoms with Crippen LogP contribution in [0, 0.1) is 10.1 Å². The van der Waals surface area contributed by atoms with E-state index in [1.54, 1.807) is 11.5 Å². The summed E-state index contributed by atoms with van der Waals surface area (Å²) in [6.07, 6.45) is 1.92. The summed E-state index contributed by atoms with van der Waals surface area (Å²) < 4.78 is 12.1. The van der Waals surface area contributed by atoms with Gasteiger partial charge in [-0.1, -0.05) is 0 Å². The third-order valence-electron chi connectivity index (χ3n) is 2.71. The number of aryl methyl sites for hydroxylation is 1. The number of rotatable bonds is 3. The summed E-state index contributed by atoms with van der Waals surface area (Å²) in [5.41, 5.74) is -0.694. The largest absolute Gasteiger partial charge is 0.462 e. The lowest BCUT2D eigenvalue weighted by Gasteiger charge is -2.31. The maximum atomic E-state index is 10.8. The van der Waals surface area contributed by atoms with Gasteiger partial charge in [-0.05, 0) is 11.8 Å². The lowest BCUT2D eigenvalue weighted by Crippen LogP contribution is -2.43. The predicted molar refractivity (Wildman–Crippen MR) is 59.2 cm³/mol. The van der Waals surface area contributed by atoms with Crippen LogP contribution < -0.4 is 4.74 Å². The van der Waals surface area contributed by atoms with Gasteiger partial charge in [-0.2, -0.15) is 0 Å². The van der Waals surface area contributed by atoms with E-state index < -0.39 is 10.5 Å². The van der Waals surface area contributed by atoms with Gasteiger partial charge < -0.3 is 19.6 Å². The van der Waals surface area contributed by atoms with Crippen molar-refractivity contribution in [1.82, 2.24) is 9.55 Å². The molecule has 0 aliphatic carbocycles. The Morgan fingerprint density at radius 2 is 2.50 bits per heavy atom. The molecular formula is C10H13N3O5. The summed E-state index contributed by atoms with van der Waals surface area (Å²) >= 11 is 0. The number of nitro groups is 1. The number of ether oxygens (including phenoxy) is 2. The fraction of sp³-hybridized carbons (Fsp3) is 0.600. The second kappa shape index (κ2) is 4.28. The minimum absolute atomic E-state index is 0.100. The Bertz CT molecular complexity index is 498. The second-order valence-corrected chi connectivity index (χ2v) is 4.41. The quantitative estimate of drug-likeness (QED) is 0.452. The van der Waals surface area contributed by atoms with Crippen LogP contribution in [0.1, 0.15) is 20.3 Å². The Labute approximate surface area is 103 Å². The molecule has 0 amide bonds. The fourth-order valence-electron chi connectivity index (χ4n) is 1.70. The van der Waals surface area contributed by atoms with E-state index in [1.807, 2.05) is 0 Å². The van der Waals surface area contributed by atoms with Gasteiger partial charge in [-0.15, -0.1) is 0 Å². The monoisotopic (exact) mass is 255 g/mol. The van der Waals surface area contributed by atoms with E-state index in [9.17, 15) is 14.9 Å². The number of fused-ring (bicyclic) bond motifs is 1. The number of carbonyl (C=O) groups is 1. The van der Waals surface area contributed by atoms with Crippen molar-refractivity contribution in [3.63, 3.8) is 0 Å². The van der Waals surface area contributed by atoms with Gasteiger partial charge in [-0.25, -0.2) is 0 Å². The molecule has 0 spiro atoms. The van der Waals surface area contributed by atoms with E-state index in [2.05, 4.69) is 4.98 Å². The summed E-state index contributed by atoms with van der Waals surface area (Å²) in [7, 11) is 0. The summed E-state index contributed by atoms with van der Waals surface area (Å²) in [5, 5.41) is 10.6. The number of carbonyl (C=O) groups excluding carboxylic acids is 1. The molecule has 0 aromatic carbocycles. The first-order valence-corrected chi connectivity index (χ1v) is 5.43. The van der Waals surface area contributed by atoms with Crippen LogP contribution in [0.15, 0.2) is 6.20 Å². The third-order valence-corrected chi connectivity index (χ3v) is 2.71. The first kappa shape index (κ1) is 12.3. The predicted octanol–water partition coefficient (Wildman–Crippen LogP) is 0.896. The Hall–Kier alpha value is -2.12. The maximum Gasteiger partial charge on any atom is 0.414 e. The highest BCUT2D eigenvalue weighted by Gasteiger charge is 2.37. The average molecular weight is 255 g/mol. The molecule has 0 saturated carbocycles. The number of hydrogen-bond donors (Lipinski definition) is 0. The van der Waals surface area contributed by atoms with Crippen LogP contribution in [0.2, 0.25) is 0 Å². The lowest BCUT2D eigenvalue weighted by molar-refractivity contribution is -0.389. The molecule has 0 N–H and O–H groups in total. The zero-order valence-electron chi connectivity index (χ0n) is 10.1. The van der Waals surface area contributed by atoms with Crippen molar-refractivity contribution >= 4 is 11.8 Å². The molecule has 1 aromatic rings. The van der Waals surface area contributed by atoms with Crippen molar-refractivity contribution in [3.8, 4) is 6.01 Å². The molecule has 98 valence electrons.